The third-order valence-electron chi connectivity index (χ3n) is 5.47. The molecule has 42 heavy (non-hydrogen) atoms. The number of rotatable bonds is 13. The standard InChI is InChI=1S/C18H29BF2N5O12P3S/c1-10-8-26(16(29)23-14(10)27)13-7-11(24-25-22)12(37-13)9-36-41(19,34)38-40(32,33)18(20,21)39(30,31)35-5-6-42-15(28)17(2,3)4/h8,11-13H,5-7,9,19H2,1-4H3,(H,30,31)(H,32,33)(H,23,27,29)/t11-,12+,13+,41?/m0/s1. The largest absolute Gasteiger partial charge is 0.444 e. The van der Waals surface area contributed by atoms with E-state index in [2.05, 4.69) is 23.8 Å². The lowest BCUT2D eigenvalue weighted by atomic mass is 10.00. The molecular weight excluding hydrogens is 652 g/mol. The molecule has 3 N–H and O–H groups in total. The zero-order chi connectivity index (χ0) is 32.3. The van der Waals surface area contributed by atoms with Gasteiger partial charge in [-0.25, -0.2) is 9.11 Å². The monoisotopic (exact) mass is 681 g/mol. The molecule has 0 spiro atoms. The number of H-pyrrole nitrogens is 1. The van der Waals surface area contributed by atoms with Gasteiger partial charge in [0.1, 0.15) is 6.23 Å². The number of ether oxygens (including phenoxy) is 1. The number of hydrogen-bond donors (Lipinski definition) is 3. The van der Waals surface area contributed by atoms with Crippen LogP contribution in [0.2, 0.25) is 0 Å². The molecule has 1 aromatic heterocycles. The Labute approximate surface area is 242 Å². The first-order chi connectivity index (χ1) is 19.0. The van der Waals surface area contributed by atoms with E-state index in [4.69, 9.17) is 14.8 Å². The third-order valence-corrected chi connectivity index (χ3v) is 12.8. The van der Waals surface area contributed by atoms with Crippen LogP contribution >= 0.6 is 34.4 Å². The van der Waals surface area contributed by atoms with Gasteiger partial charge in [0.2, 0.25) is 0 Å². The Morgan fingerprint density at radius 3 is 2.48 bits per heavy atom. The number of thioether (sulfide) groups is 1. The Hall–Kier alpha value is -1.62. The summed E-state index contributed by atoms with van der Waals surface area (Å²) in [6, 6.07) is -1.07. The van der Waals surface area contributed by atoms with Crippen molar-refractivity contribution in [3.05, 3.63) is 43.0 Å². The van der Waals surface area contributed by atoms with Crippen LogP contribution in [0.25, 0.3) is 10.4 Å². The number of hydrogen-bond acceptors (Lipinski definition) is 12. The summed E-state index contributed by atoms with van der Waals surface area (Å²) < 4.78 is 86.5. The summed E-state index contributed by atoms with van der Waals surface area (Å²) in [5.41, 5.74) is 6.70. The Balaban J connectivity index is 2.09. The molecule has 1 saturated heterocycles. The maximum absolute atomic E-state index is 14.7. The van der Waals surface area contributed by atoms with Gasteiger partial charge in [-0.1, -0.05) is 37.6 Å². The van der Waals surface area contributed by atoms with Crippen molar-refractivity contribution >= 4 is 47.1 Å². The normalized spacial score (nSPS) is 23.8. The predicted molar refractivity (Wildman–Crippen MR) is 148 cm³/mol. The highest BCUT2D eigenvalue weighted by Crippen LogP contribution is 2.79. The van der Waals surface area contributed by atoms with E-state index in [1.807, 2.05) is 0 Å². The molecule has 2 heterocycles. The molecule has 1 aliphatic rings. The van der Waals surface area contributed by atoms with Crippen LogP contribution in [0.15, 0.2) is 20.9 Å². The number of aromatic amines is 1. The second kappa shape index (κ2) is 13.6. The summed E-state index contributed by atoms with van der Waals surface area (Å²) in [4.78, 5) is 59.9. The Kier molecular flexibility index (Phi) is 11.8. The number of nitrogens with zero attached hydrogens (tertiary/aromatic N) is 4. The van der Waals surface area contributed by atoms with Crippen molar-refractivity contribution < 1.29 is 55.2 Å². The van der Waals surface area contributed by atoms with Gasteiger partial charge in [-0.15, -0.1) is 0 Å². The molecule has 0 bridgehead atoms. The van der Waals surface area contributed by atoms with Gasteiger partial charge >= 0.3 is 26.3 Å². The summed E-state index contributed by atoms with van der Waals surface area (Å²) in [7, 11) is -17.2. The zero-order valence-corrected chi connectivity index (χ0v) is 26.4. The van der Waals surface area contributed by atoms with Gasteiger partial charge in [-0.2, -0.15) is 8.78 Å². The topological polar surface area (TPSA) is 249 Å². The molecule has 1 fully saturated rings. The molecule has 0 saturated carbocycles. The fourth-order valence-electron chi connectivity index (χ4n) is 3.26. The lowest BCUT2D eigenvalue weighted by Crippen LogP contribution is -2.33. The first-order valence-corrected chi connectivity index (χ1v) is 18.0. The minimum absolute atomic E-state index is 0.139. The Morgan fingerprint density at radius 2 is 1.90 bits per heavy atom. The minimum atomic E-state index is -6.53. The first kappa shape index (κ1) is 36.6. The molecule has 2 rings (SSSR count). The van der Waals surface area contributed by atoms with Crippen molar-refractivity contribution in [2.24, 2.45) is 10.5 Å². The van der Waals surface area contributed by atoms with E-state index in [0.29, 0.717) is 19.3 Å². The lowest BCUT2D eigenvalue weighted by molar-refractivity contribution is -0.117. The summed E-state index contributed by atoms with van der Waals surface area (Å²) in [5, 5.41) is -2.35. The van der Waals surface area contributed by atoms with Gasteiger partial charge in [0.15, 0.2) is 5.12 Å². The summed E-state index contributed by atoms with van der Waals surface area (Å²) >= 11 is 0.630. The van der Waals surface area contributed by atoms with Crippen molar-refractivity contribution in [3.63, 3.8) is 0 Å². The van der Waals surface area contributed by atoms with Crippen molar-refractivity contribution in [2.75, 3.05) is 19.0 Å². The van der Waals surface area contributed by atoms with Crippen molar-refractivity contribution in [2.45, 2.75) is 57.9 Å². The average molecular weight is 681 g/mol. The second-order valence-corrected chi connectivity index (χ2v) is 17.4. The molecule has 1 aromatic rings. The van der Waals surface area contributed by atoms with Crippen LogP contribution < -0.4 is 11.2 Å². The highest BCUT2D eigenvalue weighted by Gasteiger charge is 2.67. The van der Waals surface area contributed by atoms with Gasteiger partial charge in [0, 0.05) is 34.3 Å². The molecule has 0 amide bonds. The quantitative estimate of drug-likeness (QED) is 0.0677. The smallest absolute Gasteiger partial charge is 0.352 e. The molecule has 236 valence electrons. The fourth-order valence-corrected chi connectivity index (χ4v) is 9.05. The van der Waals surface area contributed by atoms with Crippen LogP contribution in [0, 0.1) is 12.3 Å². The van der Waals surface area contributed by atoms with Crippen LogP contribution in [0.3, 0.4) is 0 Å². The van der Waals surface area contributed by atoms with Crippen molar-refractivity contribution in [1.82, 2.24) is 9.55 Å². The number of carbonyl (C=O) groups is 1. The van der Waals surface area contributed by atoms with E-state index in [1.165, 1.54) is 13.1 Å². The predicted octanol–water partition coefficient (Wildman–Crippen LogP) is 2.83. The summed E-state index contributed by atoms with van der Waals surface area (Å²) in [5.74, 6) is -0.331. The summed E-state index contributed by atoms with van der Waals surface area (Å²) in [6.45, 7) is 4.45. The first-order valence-electron chi connectivity index (χ1n) is 11.8. The van der Waals surface area contributed by atoms with E-state index < -0.39 is 76.3 Å². The van der Waals surface area contributed by atoms with E-state index >= 15 is 0 Å². The molecule has 0 aromatic carbocycles. The van der Waals surface area contributed by atoms with Crippen LogP contribution in [-0.2, 0) is 36.6 Å². The Bertz CT molecular complexity index is 1500. The maximum Gasteiger partial charge on any atom is 0.444 e. The molecule has 0 radical (unpaired) electrons. The highest BCUT2D eigenvalue weighted by molar-refractivity contribution is 8.13. The Morgan fingerprint density at radius 1 is 1.29 bits per heavy atom. The molecule has 6 atom stereocenters. The molecule has 0 aliphatic carbocycles. The van der Waals surface area contributed by atoms with Crippen LogP contribution in [0.4, 0.5) is 8.78 Å². The van der Waals surface area contributed by atoms with E-state index in [-0.39, 0.29) is 22.9 Å². The van der Waals surface area contributed by atoms with E-state index in [0.717, 1.165) is 4.57 Å². The fraction of sp³-hybridized carbons (Fsp3) is 0.722. The SMILES string of the molecule is BP(=O)(OC[C@H]1O[C@@H](n2cc(C)c(=O)[nH]c2=O)C[C@@H]1N=[N+]=[N-])OP(=O)(O)C(F)(F)P(=O)(O)OCCSC(=O)C(C)(C)C. The number of nitrogens with one attached hydrogen (secondary N) is 1. The van der Waals surface area contributed by atoms with E-state index in [1.54, 1.807) is 20.8 Å². The molecule has 1 aliphatic heterocycles. The number of carbonyl (C=O) groups excluding carboxylic acids is 1. The number of azide groups is 1. The van der Waals surface area contributed by atoms with Crippen LogP contribution in [0.5, 0.6) is 0 Å². The van der Waals surface area contributed by atoms with Gasteiger partial charge in [-0.3, -0.25) is 32.8 Å². The number of halogens is 2. The molecular formula is C18H29BF2N5O12P3S. The number of alkyl halides is 2. The van der Waals surface area contributed by atoms with Gasteiger partial charge in [0.25, 0.3) is 20.6 Å². The van der Waals surface area contributed by atoms with Crippen molar-refractivity contribution in [1.29, 1.82) is 0 Å². The number of aryl methyl sites for hydroxylation is 1. The number of aromatic nitrogens is 2. The average Bonchev–Trinajstić information content (AvgIpc) is 3.24. The van der Waals surface area contributed by atoms with Gasteiger partial charge in [0.05, 0.1) is 25.4 Å². The van der Waals surface area contributed by atoms with Crippen LogP contribution in [0.1, 0.15) is 39.0 Å². The lowest BCUT2D eigenvalue weighted by Gasteiger charge is -2.28. The van der Waals surface area contributed by atoms with Gasteiger partial charge in [-0.05, 0) is 12.5 Å². The maximum atomic E-state index is 14.7. The van der Waals surface area contributed by atoms with Gasteiger partial charge < -0.3 is 23.6 Å². The molecule has 3 unspecified atom stereocenters. The molecule has 24 heteroatoms. The third kappa shape index (κ3) is 8.96. The zero-order valence-electron chi connectivity index (χ0n) is 22.9. The van der Waals surface area contributed by atoms with E-state index in [9.17, 15) is 46.6 Å². The summed E-state index contributed by atoms with van der Waals surface area (Å²) in [6.07, 6.45) is -1.35. The van der Waals surface area contributed by atoms with Crippen LogP contribution in [-0.4, -0.2) is 68.5 Å². The molecule has 17 nitrogen and oxygen atoms in total. The van der Waals surface area contributed by atoms with Crippen molar-refractivity contribution in [3.8, 4) is 0 Å². The minimum Gasteiger partial charge on any atom is -0.352 e. The second-order valence-electron chi connectivity index (χ2n) is 10.0. The highest BCUT2D eigenvalue weighted by atomic mass is 32.2.